The van der Waals surface area contributed by atoms with Gasteiger partial charge in [0.2, 0.25) is 0 Å². The Kier molecular flexibility index (Phi) is 3.79. The Morgan fingerprint density at radius 1 is 1.21 bits per heavy atom. The molecule has 2 fully saturated rings. The standard InChI is InChI=1S/C16H19ClF2/c17-14(7-12-3-4-15(18)9-16(12)19)8-13-6-10-1-2-11(13)5-10/h3-4,9-11,13-14H,1-2,5-8H2. The molecule has 0 heterocycles. The van der Waals surface area contributed by atoms with Crippen molar-refractivity contribution in [2.75, 3.05) is 0 Å². The Bertz CT molecular complexity index is 460. The highest BCUT2D eigenvalue weighted by Gasteiger charge is 2.39. The van der Waals surface area contributed by atoms with E-state index in [9.17, 15) is 8.78 Å². The first-order chi connectivity index (χ1) is 9.11. The van der Waals surface area contributed by atoms with Crippen LogP contribution in [0.1, 0.15) is 37.7 Å². The second-order valence-electron chi connectivity index (χ2n) is 6.21. The van der Waals surface area contributed by atoms with Gasteiger partial charge < -0.3 is 0 Å². The van der Waals surface area contributed by atoms with E-state index in [0.717, 1.165) is 30.2 Å². The van der Waals surface area contributed by atoms with E-state index < -0.39 is 11.6 Å². The van der Waals surface area contributed by atoms with Crippen LogP contribution < -0.4 is 0 Å². The summed E-state index contributed by atoms with van der Waals surface area (Å²) in [6.45, 7) is 0. The number of hydrogen-bond acceptors (Lipinski definition) is 0. The van der Waals surface area contributed by atoms with Crippen LogP contribution in [-0.4, -0.2) is 5.38 Å². The maximum Gasteiger partial charge on any atom is 0.129 e. The van der Waals surface area contributed by atoms with E-state index in [2.05, 4.69) is 0 Å². The highest BCUT2D eigenvalue weighted by molar-refractivity contribution is 6.20. The molecule has 19 heavy (non-hydrogen) atoms. The highest BCUT2D eigenvalue weighted by Crippen LogP contribution is 2.50. The maximum atomic E-state index is 13.6. The molecule has 4 atom stereocenters. The van der Waals surface area contributed by atoms with E-state index in [1.165, 1.54) is 37.8 Å². The zero-order valence-electron chi connectivity index (χ0n) is 10.9. The van der Waals surface area contributed by atoms with Crippen molar-refractivity contribution < 1.29 is 8.78 Å². The summed E-state index contributed by atoms with van der Waals surface area (Å²) in [7, 11) is 0. The van der Waals surface area contributed by atoms with Crippen molar-refractivity contribution in [2.24, 2.45) is 17.8 Å². The van der Waals surface area contributed by atoms with E-state index in [4.69, 9.17) is 11.6 Å². The maximum absolute atomic E-state index is 13.6. The summed E-state index contributed by atoms with van der Waals surface area (Å²) in [6.07, 6.45) is 6.89. The number of fused-ring (bicyclic) bond motifs is 2. The monoisotopic (exact) mass is 284 g/mol. The average Bonchev–Trinajstić information content (AvgIpc) is 2.95. The fraction of sp³-hybridized carbons (Fsp3) is 0.625. The molecule has 0 saturated heterocycles. The summed E-state index contributed by atoms with van der Waals surface area (Å²) < 4.78 is 26.4. The predicted octanol–water partition coefficient (Wildman–Crippen LogP) is 4.94. The van der Waals surface area contributed by atoms with Crippen LogP contribution in [0.3, 0.4) is 0 Å². The van der Waals surface area contributed by atoms with Gasteiger partial charge in [-0.15, -0.1) is 11.6 Å². The van der Waals surface area contributed by atoms with Crippen LogP contribution in [0.5, 0.6) is 0 Å². The van der Waals surface area contributed by atoms with Crippen LogP contribution in [0.25, 0.3) is 0 Å². The molecule has 0 N–H and O–H groups in total. The number of hydrogen-bond donors (Lipinski definition) is 0. The quantitative estimate of drug-likeness (QED) is 0.687. The van der Waals surface area contributed by atoms with Gasteiger partial charge >= 0.3 is 0 Å². The van der Waals surface area contributed by atoms with Crippen LogP contribution in [0.4, 0.5) is 8.78 Å². The molecule has 104 valence electrons. The molecular weight excluding hydrogens is 266 g/mol. The molecule has 1 aromatic carbocycles. The van der Waals surface area contributed by atoms with Crippen molar-refractivity contribution in [3.8, 4) is 0 Å². The molecule has 2 bridgehead atoms. The number of benzene rings is 1. The summed E-state index contributed by atoms with van der Waals surface area (Å²) in [5.74, 6) is 1.49. The van der Waals surface area contributed by atoms with Gasteiger partial charge in [0.25, 0.3) is 0 Å². The lowest BCUT2D eigenvalue weighted by Crippen LogP contribution is -2.17. The van der Waals surface area contributed by atoms with Crippen molar-refractivity contribution in [3.05, 3.63) is 35.4 Å². The van der Waals surface area contributed by atoms with Gasteiger partial charge in [-0.1, -0.05) is 12.5 Å². The minimum Gasteiger partial charge on any atom is -0.207 e. The topological polar surface area (TPSA) is 0 Å². The van der Waals surface area contributed by atoms with Gasteiger partial charge in [0, 0.05) is 11.4 Å². The number of rotatable bonds is 4. The molecule has 2 aliphatic rings. The van der Waals surface area contributed by atoms with E-state index in [-0.39, 0.29) is 5.38 Å². The lowest BCUT2D eigenvalue weighted by Gasteiger charge is -2.24. The number of alkyl halides is 1. The average molecular weight is 285 g/mol. The molecular formula is C16H19ClF2. The van der Waals surface area contributed by atoms with Crippen LogP contribution >= 0.6 is 11.6 Å². The molecule has 0 nitrogen and oxygen atoms in total. The van der Waals surface area contributed by atoms with Gasteiger partial charge in [0.05, 0.1) is 0 Å². The zero-order valence-corrected chi connectivity index (χ0v) is 11.7. The molecule has 0 aromatic heterocycles. The largest absolute Gasteiger partial charge is 0.207 e. The van der Waals surface area contributed by atoms with E-state index >= 15 is 0 Å². The SMILES string of the molecule is Fc1ccc(CC(Cl)CC2CC3CCC2C3)c(F)c1. The van der Waals surface area contributed by atoms with Crippen molar-refractivity contribution in [1.29, 1.82) is 0 Å². The van der Waals surface area contributed by atoms with Crippen molar-refractivity contribution in [1.82, 2.24) is 0 Å². The second-order valence-corrected chi connectivity index (χ2v) is 6.82. The first kappa shape index (κ1) is 13.4. The molecule has 3 rings (SSSR count). The number of halogens is 3. The normalized spacial score (nSPS) is 30.8. The molecule has 0 spiro atoms. The Morgan fingerprint density at radius 2 is 2.05 bits per heavy atom. The summed E-state index contributed by atoms with van der Waals surface area (Å²) in [4.78, 5) is 0. The minimum absolute atomic E-state index is 0.0377. The van der Waals surface area contributed by atoms with Crippen LogP contribution in [0.2, 0.25) is 0 Å². The van der Waals surface area contributed by atoms with Crippen LogP contribution in [0, 0.1) is 29.4 Å². The Hall–Kier alpha value is -0.630. The third kappa shape index (κ3) is 2.94. The molecule has 3 heteroatoms. The smallest absolute Gasteiger partial charge is 0.129 e. The van der Waals surface area contributed by atoms with Crippen molar-refractivity contribution >= 4 is 11.6 Å². The second kappa shape index (κ2) is 5.40. The van der Waals surface area contributed by atoms with Gasteiger partial charge in [0.1, 0.15) is 11.6 Å². The molecule has 2 aliphatic carbocycles. The van der Waals surface area contributed by atoms with Gasteiger partial charge in [-0.05, 0) is 61.5 Å². The van der Waals surface area contributed by atoms with E-state index in [1.54, 1.807) is 0 Å². The third-order valence-electron chi connectivity index (χ3n) is 4.90. The Labute approximate surface area is 118 Å². The minimum atomic E-state index is -0.527. The van der Waals surface area contributed by atoms with Crippen molar-refractivity contribution in [2.45, 2.75) is 43.9 Å². The fourth-order valence-corrected chi connectivity index (χ4v) is 4.40. The fourth-order valence-electron chi connectivity index (χ4n) is 4.00. The van der Waals surface area contributed by atoms with Gasteiger partial charge in [-0.2, -0.15) is 0 Å². The van der Waals surface area contributed by atoms with Gasteiger partial charge in [0.15, 0.2) is 0 Å². The van der Waals surface area contributed by atoms with E-state index in [1.807, 2.05) is 0 Å². The van der Waals surface area contributed by atoms with Gasteiger partial charge in [-0.25, -0.2) is 8.78 Å². The predicted molar refractivity (Wildman–Crippen MR) is 73.3 cm³/mol. The Balaban J connectivity index is 1.57. The molecule has 0 amide bonds. The lowest BCUT2D eigenvalue weighted by molar-refractivity contribution is 0.310. The van der Waals surface area contributed by atoms with Crippen LogP contribution in [-0.2, 0) is 6.42 Å². The molecule has 0 aliphatic heterocycles. The highest BCUT2D eigenvalue weighted by atomic mass is 35.5. The first-order valence-electron chi connectivity index (χ1n) is 7.20. The molecule has 4 unspecified atom stereocenters. The Morgan fingerprint density at radius 3 is 2.68 bits per heavy atom. The zero-order chi connectivity index (χ0) is 13.4. The molecule has 2 saturated carbocycles. The first-order valence-corrected chi connectivity index (χ1v) is 7.63. The van der Waals surface area contributed by atoms with Crippen LogP contribution in [0.15, 0.2) is 18.2 Å². The third-order valence-corrected chi connectivity index (χ3v) is 5.23. The molecule has 1 aromatic rings. The molecule has 0 radical (unpaired) electrons. The summed E-state index contributed by atoms with van der Waals surface area (Å²) in [5.41, 5.74) is 0.532. The van der Waals surface area contributed by atoms with Crippen molar-refractivity contribution in [3.63, 3.8) is 0 Å². The van der Waals surface area contributed by atoms with E-state index in [0.29, 0.717) is 12.0 Å². The lowest BCUT2D eigenvalue weighted by atomic mass is 9.84. The summed E-state index contributed by atoms with van der Waals surface area (Å²) in [6, 6.07) is 3.76. The summed E-state index contributed by atoms with van der Waals surface area (Å²) in [5, 5.41) is -0.0377. The summed E-state index contributed by atoms with van der Waals surface area (Å²) >= 11 is 6.38. The van der Waals surface area contributed by atoms with Gasteiger partial charge in [-0.3, -0.25) is 0 Å².